The Balaban J connectivity index is 2.69. The van der Waals surface area contributed by atoms with E-state index < -0.39 is 0 Å². The van der Waals surface area contributed by atoms with Crippen molar-refractivity contribution in [1.29, 1.82) is 0 Å². The van der Waals surface area contributed by atoms with Gasteiger partial charge in [-0.2, -0.15) is 0 Å². The molecule has 0 saturated heterocycles. The van der Waals surface area contributed by atoms with Crippen molar-refractivity contribution in [2.24, 2.45) is 0 Å². The Morgan fingerprint density at radius 3 is 3.00 bits per heavy atom. The molecular weight excluding hydrogens is 184 g/mol. The van der Waals surface area contributed by atoms with Gasteiger partial charge in [0.2, 0.25) is 0 Å². The van der Waals surface area contributed by atoms with Crippen molar-refractivity contribution >= 4 is 15.9 Å². The van der Waals surface area contributed by atoms with Crippen LogP contribution in [0.5, 0.6) is 0 Å². The first-order chi connectivity index (χ1) is 4.34. The number of hydrogen-bond acceptors (Lipinski definition) is 2. The highest BCUT2D eigenvalue weighted by molar-refractivity contribution is 9.10. The van der Waals surface area contributed by atoms with Crippen molar-refractivity contribution in [3.05, 3.63) is 22.6 Å². The third-order valence-corrected chi connectivity index (χ3v) is 1.69. The fraction of sp³-hybridized carbons (Fsp3) is 0.333. The van der Waals surface area contributed by atoms with E-state index in [2.05, 4.69) is 15.9 Å². The van der Waals surface area contributed by atoms with E-state index in [1.54, 1.807) is 13.4 Å². The normalized spacial score (nSPS) is 10.0. The number of methoxy groups -OCH3 is 1. The topological polar surface area (TPSA) is 22.4 Å². The van der Waals surface area contributed by atoms with E-state index in [4.69, 9.17) is 9.15 Å². The van der Waals surface area contributed by atoms with Crippen LogP contribution in [0.4, 0.5) is 0 Å². The molecule has 0 aromatic carbocycles. The van der Waals surface area contributed by atoms with Crippen LogP contribution in [0.15, 0.2) is 21.4 Å². The van der Waals surface area contributed by atoms with Gasteiger partial charge in [0.25, 0.3) is 0 Å². The minimum Gasteiger partial charge on any atom is -0.457 e. The van der Waals surface area contributed by atoms with Crippen LogP contribution in [0.1, 0.15) is 5.56 Å². The summed E-state index contributed by atoms with van der Waals surface area (Å²) in [7, 11) is 1.65. The lowest BCUT2D eigenvalue weighted by atomic mass is 10.4. The van der Waals surface area contributed by atoms with Crippen molar-refractivity contribution in [3.8, 4) is 0 Å². The first kappa shape index (κ1) is 6.83. The molecule has 50 valence electrons. The highest BCUT2D eigenvalue weighted by Gasteiger charge is 1.99. The molecule has 1 rings (SSSR count). The minimum absolute atomic E-state index is 0.594. The van der Waals surface area contributed by atoms with Gasteiger partial charge >= 0.3 is 0 Å². The van der Waals surface area contributed by atoms with Crippen LogP contribution in [0, 0.1) is 0 Å². The van der Waals surface area contributed by atoms with Gasteiger partial charge in [0.05, 0.1) is 12.9 Å². The van der Waals surface area contributed by atoms with Gasteiger partial charge in [-0.1, -0.05) is 0 Å². The Labute approximate surface area is 61.9 Å². The predicted molar refractivity (Wildman–Crippen MR) is 37.1 cm³/mol. The van der Waals surface area contributed by atoms with E-state index >= 15 is 0 Å². The smallest absolute Gasteiger partial charge is 0.174 e. The van der Waals surface area contributed by atoms with E-state index in [1.807, 2.05) is 6.07 Å². The molecule has 1 aromatic rings. The standard InChI is InChI=1S/C6H7BrO2/c1-8-4-5-2-3-9-6(5)7/h2-3H,4H2,1H3. The maximum Gasteiger partial charge on any atom is 0.174 e. The largest absolute Gasteiger partial charge is 0.457 e. The summed E-state index contributed by atoms with van der Waals surface area (Å²) in [4.78, 5) is 0. The summed E-state index contributed by atoms with van der Waals surface area (Å²) in [6, 6.07) is 1.87. The van der Waals surface area contributed by atoms with Crippen molar-refractivity contribution in [2.75, 3.05) is 7.11 Å². The molecule has 1 aromatic heterocycles. The molecule has 0 fully saturated rings. The third kappa shape index (κ3) is 1.56. The van der Waals surface area contributed by atoms with Crippen molar-refractivity contribution in [2.45, 2.75) is 6.61 Å². The van der Waals surface area contributed by atoms with E-state index in [0.717, 1.165) is 10.2 Å². The molecule has 0 atom stereocenters. The Kier molecular flexibility index (Phi) is 2.30. The van der Waals surface area contributed by atoms with Gasteiger partial charge in [0, 0.05) is 12.7 Å². The fourth-order valence-electron chi connectivity index (χ4n) is 0.577. The molecule has 3 heteroatoms. The summed E-state index contributed by atoms with van der Waals surface area (Å²) in [5, 5.41) is 0. The van der Waals surface area contributed by atoms with Crippen LogP contribution in [0.3, 0.4) is 0 Å². The van der Waals surface area contributed by atoms with Gasteiger partial charge in [0.1, 0.15) is 0 Å². The highest BCUT2D eigenvalue weighted by atomic mass is 79.9. The number of furan rings is 1. The lowest BCUT2D eigenvalue weighted by Crippen LogP contribution is -1.83. The summed E-state index contributed by atoms with van der Waals surface area (Å²) in [5.74, 6) is 0. The summed E-state index contributed by atoms with van der Waals surface area (Å²) < 4.78 is 10.6. The molecule has 0 aliphatic heterocycles. The maximum atomic E-state index is 4.95. The quantitative estimate of drug-likeness (QED) is 0.714. The van der Waals surface area contributed by atoms with Crippen molar-refractivity contribution in [1.82, 2.24) is 0 Å². The highest BCUT2D eigenvalue weighted by Crippen LogP contribution is 2.17. The van der Waals surface area contributed by atoms with Crippen LogP contribution < -0.4 is 0 Å². The number of rotatable bonds is 2. The zero-order chi connectivity index (χ0) is 6.69. The lowest BCUT2D eigenvalue weighted by Gasteiger charge is -1.91. The van der Waals surface area contributed by atoms with Crippen LogP contribution >= 0.6 is 15.9 Å². The van der Waals surface area contributed by atoms with Crippen molar-refractivity contribution in [3.63, 3.8) is 0 Å². The Hall–Kier alpha value is -0.280. The second kappa shape index (κ2) is 3.03. The molecule has 0 aliphatic rings. The first-order valence-electron chi connectivity index (χ1n) is 2.55. The van der Waals surface area contributed by atoms with Gasteiger partial charge in [-0.3, -0.25) is 0 Å². The number of ether oxygens (including phenoxy) is 1. The Bertz CT molecular complexity index is 183. The van der Waals surface area contributed by atoms with Gasteiger partial charge in [-0.25, -0.2) is 0 Å². The zero-order valence-corrected chi connectivity index (χ0v) is 6.64. The SMILES string of the molecule is COCc1ccoc1Br. The van der Waals surface area contributed by atoms with Crippen LogP contribution in [0.2, 0.25) is 0 Å². The van der Waals surface area contributed by atoms with E-state index in [-0.39, 0.29) is 0 Å². The number of halogens is 1. The van der Waals surface area contributed by atoms with Crippen LogP contribution in [-0.2, 0) is 11.3 Å². The molecule has 9 heavy (non-hydrogen) atoms. The molecule has 0 amide bonds. The van der Waals surface area contributed by atoms with Gasteiger partial charge in [0.15, 0.2) is 4.67 Å². The Morgan fingerprint density at radius 1 is 1.78 bits per heavy atom. The molecule has 0 N–H and O–H groups in total. The molecule has 0 aliphatic carbocycles. The second-order valence-corrected chi connectivity index (χ2v) is 2.37. The average molecular weight is 191 g/mol. The van der Waals surface area contributed by atoms with E-state index in [0.29, 0.717) is 6.61 Å². The van der Waals surface area contributed by atoms with Crippen molar-refractivity contribution < 1.29 is 9.15 Å². The monoisotopic (exact) mass is 190 g/mol. The second-order valence-electron chi connectivity index (χ2n) is 1.65. The minimum atomic E-state index is 0.594. The first-order valence-corrected chi connectivity index (χ1v) is 3.34. The fourth-order valence-corrected chi connectivity index (χ4v) is 0.932. The summed E-state index contributed by atoms with van der Waals surface area (Å²) in [6.45, 7) is 0.594. The lowest BCUT2D eigenvalue weighted by molar-refractivity contribution is 0.183. The average Bonchev–Trinajstić information content (AvgIpc) is 2.18. The molecule has 1 heterocycles. The molecule has 0 unspecified atom stereocenters. The molecule has 0 saturated carbocycles. The van der Waals surface area contributed by atoms with Crippen LogP contribution in [0.25, 0.3) is 0 Å². The summed E-state index contributed by atoms with van der Waals surface area (Å²) in [6.07, 6.45) is 1.62. The molecule has 0 bridgehead atoms. The third-order valence-electron chi connectivity index (χ3n) is 0.993. The molecular formula is C6H7BrO2. The number of hydrogen-bond donors (Lipinski definition) is 0. The Morgan fingerprint density at radius 2 is 2.56 bits per heavy atom. The zero-order valence-electron chi connectivity index (χ0n) is 5.06. The molecule has 0 spiro atoms. The molecule has 2 nitrogen and oxygen atoms in total. The summed E-state index contributed by atoms with van der Waals surface area (Å²) >= 11 is 3.22. The summed E-state index contributed by atoms with van der Waals surface area (Å²) in [5.41, 5.74) is 1.04. The predicted octanol–water partition coefficient (Wildman–Crippen LogP) is 2.19. The van der Waals surface area contributed by atoms with E-state index in [1.165, 1.54) is 0 Å². The molecule has 0 radical (unpaired) electrons. The van der Waals surface area contributed by atoms with Crippen LogP contribution in [-0.4, -0.2) is 7.11 Å². The maximum absolute atomic E-state index is 4.95. The van der Waals surface area contributed by atoms with E-state index in [9.17, 15) is 0 Å². The van der Waals surface area contributed by atoms with Gasteiger partial charge in [-0.15, -0.1) is 0 Å². The van der Waals surface area contributed by atoms with Gasteiger partial charge < -0.3 is 9.15 Å². The van der Waals surface area contributed by atoms with Gasteiger partial charge in [-0.05, 0) is 22.0 Å².